The topological polar surface area (TPSA) is 42.0 Å². The van der Waals surface area contributed by atoms with Gasteiger partial charge in [0.2, 0.25) is 0 Å². The second-order valence-corrected chi connectivity index (χ2v) is 10.7. The van der Waals surface area contributed by atoms with E-state index in [1.807, 2.05) is 11.8 Å². The van der Waals surface area contributed by atoms with Gasteiger partial charge in [-0.1, -0.05) is 30.9 Å². The molecule has 1 atom stereocenters. The van der Waals surface area contributed by atoms with E-state index < -0.39 is 11.6 Å². The number of hydrogen-bond donors (Lipinski definition) is 0. The van der Waals surface area contributed by atoms with E-state index in [1.165, 1.54) is 44.2 Å². The van der Waals surface area contributed by atoms with E-state index in [2.05, 4.69) is 4.90 Å². The lowest BCUT2D eigenvalue weighted by Crippen LogP contribution is -2.45. The first-order chi connectivity index (χ1) is 18.4. The number of benzene rings is 2. The van der Waals surface area contributed by atoms with Gasteiger partial charge < -0.3 is 14.4 Å². The number of ether oxygens (including phenoxy) is 2. The minimum atomic E-state index is -0.614. The van der Waals surface area contributed by atoms with E-state index in [9.17, 15) is 13.6 Å². The Morgan fingerprint density at radius 1 is 1.00 bits per heavy atom. The lowest BCUT2D eigenvalue weighted by Gasteiger charge is -2.34. The molecule has 1 saturated heterocycles. The Labute approximate surface area is 225 Å². The highest BCUT2D eigenvalue weighted by molar-refractivity contribution is 5.95. The van der Waals surface area contributed by atoms with Crippen molar-refractivity contribution in [3.05, 3.63) is 64.7 Å². The summed E-state index contributed by atoms with van der Waals surface area (Å²) in [6.07, 6.45) is 10.4. The van der Waals surface area contributed by atoms with Crippen LogP contribution in [0.15, 0.2) is 42.0 Å². The number of carbonyl (C=O) groups excluding carboxylic acids is 1. The summed E-state index contributed by atoms with van der Waals surface area (Å²) in [6, 6.07) is 9.05. The normalized spacial score (nSPS) is 19.0. The third-order valence-corrected chi connectivity index (χ3v) is 7.87. The Balaban J connectivity index is 1.56. The fraction of sp³-hybridized carbons (Fsp3) is 0.516. The molecule has 2 fully saturated rings. The molecule has 1 aliphatic heterocycles. The van der Waals surface area contributed by atoms with Gasteiger partial charge in [-0.2, -0.15) is 0 Å². The molecule has 206 valence electrons. The summed E-state index contributed by atoms with van der Waals surface area (Å²) in [7, 11) is 3.12. The monoisotopic (exact) mass is 526 g/mol. The zero-order valence-electron chi connectivity index (χ0n) is 22.8. The predicted molar refractivity (Wildman–Crippen MR) is 147 cm³/mol. The summed E-state index contributed by atoms with van der Waals surface area (Å²) >= 11 is 0. The van der Waals surface area contributed by atoms with Gasteiger partial charge >= 0.3 is 0 Å². The largest absolute Gasteiger partial charge is 0.493 e. The Kier molecular flexibility index (Phi) is 9.78. The summed E-state index contributed by atoms with van der Waals surface area (Å²) in [4.78, 5) is 18.3. The molecule has 0 bridgehead atoms. The molecule has 0 spiro atoms. The van der Waals surface area contributed by atoms with Gasteiger partial charge in [0.05, 0.1) is 14.2 Å². The smallest absolute Gasteiger partial charge is 0.254 e. The standard InChI is InChI=1S/C31H40F2N2O3/c1-22(16-24-11-13-26(32)18-28(24)33)19-35(31(36)25-12-14-29(37-2)30(17-25)38-3)21-27-10-7-15-34(27)20-23-8-5-4-6-9-23/h11-14,16-18,23,27H,4-10,15,19-21H2,1-3H3/t27-/m0/s1. The summed E-state index contributed by atoms with van der Waals surface area (Å²) in [5.41, 5.74) is 1.64. The average molecular weight is 527 g/mol. The SMILES string of the molecule is COc1ccc(C(=O)N(CC(C)=Cc2ccc(F)cc2F)C[C@@H]2CCCN2CC2CCCCC2)cc1OC. The van der Waals surface area contributed by atoms with E-state index >= 15 is 0 Å². The molecule has 0 N–H and O–H groups in total. The number of hydrogen-bond acceptors (Lipinski definition) is 4. The molecule has 7 heteroatoms. The molecular weight excluding hydrogens is 486 g/mol. The summed E-state index contributed by atoms with van der Waals surface area (Å²) in [5, 5.41) is 0. The van der Waals surface area contributed by atoms with Gasteiger partial charge in [-0.25, -0.2) is 8.78 Å². The molecule has 1 saturated carbocycles. The van der Waals surface area contributed by atoms with Crippen LogP contribution in [-0.4, -0.2) is 62.1 Å². The molecule has 2 aromatic carbocycles. The first-order valence-electron chi connectivity index (χ1n) is 13.8. The van der Waals surface area contributed by atoms with Crippen molar-refractivity contribution in [2.75, 3.05) is 40.4 Å². The molecule has 2 aromatic rings. The van der Waals surface area contributed by atoms with Crippen molar-refractivity contribution >= 4 is 12.0 Å². The van der Waals surface area contributed by atoms with Crippen molar-refractivity contribution in [3.63, 3.8) is 0 Å². The molecule has 1 aliphatic carbocycles. The van der Waals surface area contributed by atoms with Crippen molar-refractivity contribution in [2.24, 2.45) is 5.92 Å². The van der Waals surface area contributed by atoms with Crippen molar-refractivity contribution in [1.82, 2.24) is 9.80 Å². The maximum Gasteiger partial charge on any atom is 0.254 e. The number of halogens is 2. The predicted octanol–water partition coefficient (Wildman–Crippen LogP) is 6.57. The fourth-order valence-corrected chi connectivity index (χ4v) is 5.90. The molecule has 38 heavy (non-hydrogen) atoms. The molecular formula is C31H40F2N2O3. The van der Waals surface area contributed by atoms with Crippen LogP contribution in [0.3, 0.4) is 0 Å². The molecule has 0 radical (unpaired) electrons. The van der Waals surface area contributed by atoms with Crippen LogP contribution < -0.4 is 9.47 Å². The van der Waals surface area contributed by atoms with Crippen LogP contribution >= 0.6 is 0 Å². The second-order valence-electron chi connectivity index (χ2n) is 10.7. The summed E-state index contributed by atoms with van der Waals surface area (Å²) in [6.45, 7) is 4.98. The fourth-order valence-electron chi connectivity index (χ4n) is 5.90. The Morgan fingerprint density at radius 2 is 1.76 bits per heavy atom. The lowest BCUT2D eigenvalue weighted by molar-refractivity contribution is 0.0709. The Hall–Kier alpha value is -2.93. The van der Waals surface area contributed by atoms with Gasteiger partial charge in [-0.05, 0) is 75.4 Å². The van der Waals surface area contributed by atoms with Crippen LogP contribution in [-0.2, 0) is 0 Å². The van der Waals surface area contributed by atoms with Crippen LogP contribution in [0.25, 0.3) is 6.08 Å². The Bertz CT molecular complexity index is 1130. The van der Waals surface area contributed by atoms with Gasteiger partial charge in [0, 0.05) is 42.9 Å². The van der Waals surface area contributed by atoms with Crippen molar-refractivity contribution < 1.29 is 23.0 Å². The quantitative estimate of drug-likeness (QED) is 0.351. The average Bonchev–Trinajstić information content (AvgIpc) is 3.35. The Morgan fingerprint density at radius 3 is 2.47 bits per heavy atom. The van der Waals surface area contributed by atoms with Crippen molar-refractivity contribution in [1.29, 1.82) is 0 Å². The second kappa shape index (κ2) is 13.2. The molecule has 4 rings (SSSR count). The van der Waals surface area contributed by atoms with Crippen molar-refractivity contribution in [2.45, 2.75) is 57.9 Å². The zero-order valence-corrected chi connectivity index (χ0v) is 22.8. The molecule has 1 heterocycles. The maximum atomic E-state index is 14.3. The number of carbonyl (C=O) groups is 1. The first-order valence-corrected chi connectivity index (χ1v) is 13.8. The highest BCUT2D eigenvalue weighted by atomic mass is 19.1. The minimum absolute atomic E-state index is 0.109. The number of methoxy groups -OCH3 is 2. The number of nitrogens with zero attached hydrogens (tertiary/aromatic N) is 2. The number of amides is 1. The first kappa shape index (κ1) is 28.1. The zero-order chi connectivity index (χ0) is 27.1. The molecule has 2 aliphatic rings. The maximum absolute atomic E-state index is 14.3. The van der Waals surface area contributed by atoms with Gasteiger partial charge in [0.25, 0.3) is 5.91 Å². The third-order valence-electron chi connectivity index (χ3n) is 7.87. The summed E-state index contributed by atoms with van der Waals surface area (Å²) in [5.74, 6) is 0.468. The van der Waals surface area contributed by atoms with Gasteiger partial charge in [0.15, 0.2) is 11.5 Å². The van der Waals surface area contributed by atoms with E-state index in [-0.39, 0.29) is 11.9 Å². The van der Waals surface area contributed by atoms with Gasteiger partial charge in [0.1, 0.15) is 11.6 Å². The van der Waals surface area contributed by atoms with E-state index in [0.717, 1.165) is 43.5 Å². The van der Waals surface area contributed by atoms with Crippen LogP contribution in [0, 0.1) is 17.6 Å². The minimum Gasteiger partial charge on any atom is -0.493 e. The molecule has 0 unspecified atom stereocenters. The van der Waals surface area contributed by atoms with Crippen LogP contribution in [0.4, 0.5) is 8.78 Å². The highest BCUT2D eigenvalue weighted by Gasteiger charge is 2.31. The summed E-state index contributed by atoms with van der Waals surface area (Å²) < 4.78 is 38.5. The van der Waals surface area contributed by atoms with Crippen LogP contribution in [0.2, 0.25) is 0 Å². The third kappa shape index (κ3) is 7.13. The number of likely N-dealkylation sites (tertiary alicyclic amines) is 1. The molecule has 1 amide bonds. The van der Waals surface area contributed by atoms with E-state index in [0.29, 0.717) is 35.7 Å². The van der Waals surface area contributed by atoms with Crippen LogP contribution in [0.5, 0.6) is 11.5 Å². The van der Waals surface area contributed by atoms with Crippen molar-refractivity contribution in [3.8, 4) is 11.5 Å². The highest BCUT2D eigenvalue weighted by Crippen LogP contribution is 2.30. The van der Waals surface area contributed by atoms with Gasteiger partial charge in [-0.3, -0.25) is 9.69 Å². The lowest BCUT2D eigenvalue weighted by atomic mass is 9.89. The van der Waals surface area contributed by atoms with E-state index in [4.69, 9.17) is 9.47 Å². The number of rotatable bonds is 10. The molecule has 5 nitrogen and oxygen atoms in total. The van der Waals surface area contributed by atoms with Gasteiger partial charge in [-0.15, -0.1) is 0 Å². The van der Waals surface area contributed by atoms with E-state index in [1.54, 1.807) is 38.5 Å². The molecule has 0 aromatic heterocycles. The van der Waals surface area contributed by atoms with Crippen LogP contribution in [0.1, 0.15) is 67.8 Å².